The summed E-state index contributed by atoms with van der Waals surface area (Å²) >= 11 is 6.13. The fraction of sp³-hybridized carbons (Fsp3) is 0.400. The zero-order valence-corrected chi connectivity index (χ0v) is 13.1. The van der Waals surface area contributed by atoms with Gasteiger partial charge in [-0.1, -0.05) is 17.7 Å². The Kier molecular flexibility index (Phi) is 4.98. The average Bonchev–Trinajstić information content (AvgIpc) is 2.75. The van der Waals surface area contributed by atoms with Crippen LogP contribution in [0.25, 0.3) is 0 Å². The summed E-state index contributed by atoms with van der Waals surface area (Å²) in [7, 11) is 3.91. The molecule has 0 saturated carbocycles. The van der Waals surface area contributed by atoms with Gasteiger partial charge < -0.3 is 10.0 Å². The number of rotatable bonds is 5. The molecule has 2 rings (SSSR count). The van der Waals surface area contributed by atoms with Crippen LogP contribution in [-0.4, -0.2) is 40.4 Å². The molecule has 0 radical (unpaired) electrons. The molecule has 0 amide bonds. The van der Waals surface area contributed by atoms with Crippen molar-refractivity contribution in [1.82, 2.24) is 14.7 Å². The zero-order valence-electron chi connectivity index (χ0n) is 12.3. The number of hydrogen-bond donors (Lipinski definition) is 1. The van der Waals surface area contributed by atoms with Gasteiger partial charge in [-0.2, -0.15) is 5.10 Å². The highest BCUT2D eigenvalue weighted by Gasteiger charge is 2.20. The van der Waals surface area contributed by atoms with Crippen molar-refractivity contribution < 1.29 is 9.50 Å². The van der Waals surface area contributed by atoms with Crippen molar-refractivity contribution in [2.24, 2.45) is 0 Å². The van der Waals surface area contributed by atoms with Gasteiger partial charge in [0.2, 0.25) is 0 Å². The molecule has 0 spiro atoms. The highest BCUT2D eigenvalue weighted by molar-refractivity contribution is 6.31. The van der Waals surface area contributed by atoms with E-state index in [0.29, 0.717) is 22.8 Å². The number of aliphatic hydroxyl groups excluding tert-OH is 1. The Bertz CT molecular complexity index is 607. The predicted molar refractivity (Wildman–Crippen MR) is 81.0 cm³/mol. The molecule has 0 saturated heterocycles. The highest BCUT2D eigenvalue weighted by Crippen LogP contribution is 2.29. The second-order valence-corrected chi connectivity index (χ2v) is 5.78. The van der Waals surface area contributed by atoms with Crippen LogP contribution in [0.4, 0.5) is 4.39 Å². The van der Waals surface area contributed by atoms with Gasteiger partial charge in [0.15, 0.2) is 0 Å². The minimum absolute atomic E-state index is 0.375. The first-order chi connectivity index (χ1) is 9.88. The molecule has 114 valence electrons. The summed E-state index contributed by atoms with van der Waals surface area (Å²) in [4.78, 5) is 2.01. The Balaban J connectivity index is 2.33. The Morgan fingerprint density at radius 2 is 2.10 bits per heavy atom. The lowest BCUT2D eigenvalue weighted by molar-refractivity contribution is 0.205. The van der Waals surface area contributed by atoms with Crippen LogP contribution in [0.3, 0.4) is 0 Å². The molecule has 6 heteroatoms. The van der Waals surface area contributed by atoms with Crippen molar-refractivity contribution in [3.63, 3.8) is 0 Å². The van der Waals surface area contributed by atoms with E-state index in [4.69, 9.17) is 11.6 Å². The lowest BCUT2D eigenvalue weighted by Crippen LogP contribution is -2.21. The normalized spacial score (nSPS) is 12.9. The number of aliphatic hydroxyl groups is 1. The topological polar surface area (TPSA) is 41.3 Å². The van der Waals surface area contributed by atoms with E-state index in [9.17, 15) is 9.50 Å². The van der Waals surface area contributed by atoms with Crippen LogP contribution in [0.2, 0.25) is 5.02 Å². The molecule has 4 nitrogen and oxygen atoms in total. The lowest BCUT2D eigenvalue weighted by atomic mass is 10.0. The third kappa shape index (κ3) is 3.81. The van der Waals surface area contributed by atoms with Crippen LogP contribution >= 0.6 is 11.6 Å². The van der Waals surface area contributed by atoms with Crippen molar-refractivity contribution in [2.45, 2.75) is 19.6 Å². The standard InChI is InChI=1S/C15H19ClFN3O/c1-10-6-11(8-12(17)7-10)15(21)14-13(16)9-18-20(14)5-4-19(2)3/h6-9,15,21H,4-5H2,1-3H3. The number of halogens is 2. The molecule has 21 heavy (non-hydrogen) atoms. The molecule has 0 bridgehead atoms. The number of aryl methyl sites for hydroxylation is 1. The molecule has 1 aromatic heterocycles. The molecule has 1 atom stereocenters. The second kappa shape index (κ2) is 6.56. The van der Waals surface area contributed by atoms with Crippen molar-refractivity contribution in [2.75, 3.05) is 20.6 Å². The van der Waals surface area contributed by atoms with Crippen molar-refractivity contribution in [3.05, 3.63) is 52.1 Å². The molecule has 0 aliphatic carbocycles. The summed E-state index contributed by atoms with van der Waals surface area (Å²) in [6.07, 6.45) is 0.499. The molecule has 1 unspecified atom stereocenters. The van der Waals surface area contributed by atoms with Gasteiger partial charge in [-0.25, -0.2) is 4.39 Å². The first-order valence-electron chi connectivity index (χ1n) is 6.69. The van der Waals surface area contributed by atoms with Gasteiger partial charge in [0.1, 0.15) is 11.9 Å². The summed E-state index contributed by atoms with van der Waals surface area (Å²) in [6.45, 7) is 3.14. The van der Waals surface area contributed by atoms with Gasteiger partial charge in [-0.3, -0.25) is 4.68 Å². The highest BCUT2D eigenvalue weighted by atomic mass is 35.5. The third-order valence-corrected chi connectivity index (χ3v) is 3.52. The summed E-state index contributed by atoms with van der Waals surface area (Å²) < 4.78 is 15.2. The van der Waals surface area contributed by atoms with Gasteiger partial charge in [0, 0.05) is 6.54 Å². The Morgan fingerprint density at radius 3 is 2.71 bits per heavy atom. The Labute approximate surface area is 128 Å². The molecule has 1 heterocycles. The van der Waals surface area contributed by atoms with E-state index in [0.717, 1.165) is 12.1 Å². The summed E-state index contributed by atoms with van der Waals surface area (Å²) in [6, 6.07) is 4.48. The van der Waals surface area contributed by atoms with E-state index in [1.807, 2.05) is 19.0 Å². The number of benzene rings is 1. The molecule has 0 aliphatic rings. The first-order valence-corrected chi connectivity index (χ1v) is 7.07. The molecular formula is C15H19ClFN3O. The van der Waals surface area contributed by atoms with Crippen molar-refractivity contribution in [1.29, 1.82) is 0 Å². The van der Waals surface area contributed by atoms with Crippen LogP contribution in [-0.2, 0) is 6.54 Å². The van der Waals surface area contributed by atoms with E-state index in [1.54, 1.807) is 17.7 Å². The van der Waals surface area contributed by atoms with Crippen LogP contribution in [0.1, 0.15) is 22.9 Å². The molecular weight excluding hydrogens is 293 g/mol. The quantitative estimate of drug-likeness (QED) is 0.923. The van der Waals surface area contributed by atoms with Gasteiger partial charge >= 0.3 is 0 Å². The van der Waals surface area contributed by atoms with Crippen LogP contribution < -0.4 is 0 Å². The average molecular weight is 312 g/mol. The second-order valence-electron chi connectivity index (χ2n) is 5.37. The summed E-state index contributed by atoms with van der Waals surface area (Å²) in [5.74, 6) is -0.375. The minimum atomic E-state index is -1.00. The van der Waals surface area contributed by atoms with E-state index in [1.165, 1.54) is 18.3 Å². The van der Waals surface area contributed by atoms with Crippen molar-refractivity contribution >= 4 is 11.6 Å². The van der Waals surface area contributed by atoms with Gasteiger partial charge in [-0.05, 0) is 44.3 Å². The van der Waals surface area contributed by atoms with Crippen LogP contribution in [0.5, 0.6) is 0 Å². The molecule has 0 aliphatic heterocycles. The molecule has 2 aromatic rings. The summed E-state index contributed by atoms with van der Waals surface area (Å²) in [5, 5.41) is 15.1. The van der Waals surface area contributed by atoms with Gasteiger partial charge in [0.05, 0.1) is 23.5 Å². The smallest absolute Gasteiger partial charge is 0.123 e. The van der Waals surface area contributed by atoms with Crippen LogP contribution in [0.15, 0.2) is 24.4 Å². The van der Waals surface area contributed by atoms with Crippen LogP contribution in [0, 0.1) is 12.7 Å². The fourth-order valence-electron chi connectivity index (χ4n) is 2.20. The maximum atomic E-state index is 13.5. The largest absolute Gasteiger partial charge is 0.382 e. The number of likely N-dealkylation sites (N-methyl/N-ethyl adjacent to an activating group) is 1. The Hall–Kier alpha value is -1.43. The molecule has 1 N–H and O–H groups in total. The number of aromatic nitrogens is 2. The van der Waals surface area contributed by atoms with E-state index < -0.39 is 6.10 Å². The third-order valence-electron chi connectivity index (χ3n) is 3.23. The van der Waals surface area contributed by atoms with E-state index in [-0.39, 0.29) is 5.82 Å². The maximum Gasteiger partial charge on any atom is 0.123 e. The predicted octanol–water partition coefficient (Wildman–Crippen LogP) is 2.63. The minimum Gasteiger partial charge on any atom is -0.382 e. The van der Waals surface area contributed by atoms with Crippen molar-refractivity contribution in [3.8, 4) is 0 Å². The van der Waals surface area contributed by atoms with Gasteiger partial charge in [0.25, 0.3) is 0 Å². The first kappa shape index (κ1) is 15.9. The number of hydrogen-bond acceptors (Lipinski definition) is 3. The van der Waals surface area contributed by atoms with E-state index in [2.05, 4.69) is 5.10 Å². The summed E-state index contributed by atoms with van der Waals surface area (Å²) in [5.41, 5.74) is 1.71. The monoisotopic (exact) mass is 311 g/mol. The molecule has 0 fully saturated rings. The SMILES string of the molecule is Cc1cc(F)cc(C(O)c2c(Cl)cnn2CCN(C)C)c1. The maximum absolute atomic E-state index is 13.5. The van der Waals surface area contributed by atoms with Gasteiger partial charge in [-0.15, -0.1) is 0 Å². The fourth-order valence-corrected chi connectivity index (χ4v) is 2.44. The Morgan fingerprint density at radius 1 is 1.38 bits per heavy atom. The molecule has 1 aromatic carbocycles. The van der Waals surface area contributed by atoms with E-state index >= 15 is 0 Å². The lowest BCUT2D eigenvalue weighted by Gasteiger charge is -2.17. The zero-order chi connectivity index (χ0) is 15.6. The number of nitrogens with zero attached hydrogens (tertiary/aromatic N) is 3.